The summed E-state index contributed by atoms with van der Waals surface area (Å²) in [5.74, 6) is -1.02. The van der Waals surface area contributed by atoms with Gasteiger partial charge in [0.1, 0.15) is 11.5 Å². The minimum absolute atomic E-state index is 0.0291. The van der Waals surface area contributed by atoms with E-state index in [0.29, 0.717) is 0 Å². The lowest BCUT2D eigenvalue weighted by molar-refractivity contribution is 0.102. The zero-order valence-electron chi connectivity index (χ0n) is 9.11. The van der Waals surface area contributed by atoms with Crippen molar-refractivity contribution in [2.24, 2.45) is 0 Å². The van der Waals surface area contributed by atoms with Gasteiger partial charge in [-0.05, 0) is 24.3 Å². The number of nitrogens with zero attached hydrogens (tertiary/aromatic N) is 1. The highest BCUT2D eigenvalue weighted by molar-refractivity contribution is 6.04. The van der Waals surface area contributed by atoms with Gasteiger partial charge in [-0.15, -0.1) is 0 Å². The minimum Gasteiger partial charge on any atom is -0.369 e. The number of hydrogen-bond donors (Lipinski definition) is 3. The summed E-state index contributed by atoms with van der Waals surface area (Å²) in [6.45, 7) is 0. The van der Waals surface area contributed by atoms with Crippen LogP contribution in [0.1, 0.15) is 10.4 Å². The fourth-order valence-electron chi connectivity index (χ4n) is 1.29. The molecule has 1 amide bonds. The van der Waals surface area contributed by atoms with Gasteiger partial charge >= 0.3 is 0 Å². The van der Waals surface area contributed by atoms with Gasteiger partial charge in [0.05, 0.1) is 6.20 Å². The van der Waals surface area contributed by atoms with Gasteiger partial charge in [-0.25, -0.2) is 9.37 Å². The highest BCUT2D eigenvalue weighted by Crippen LogP contribution is 2.05. The van der Waals surface area contributed by atoms with E-state index in [4.69, 9.17) is 5.73 Å². The normalized spacial score (nSPS) is 10.1. The van der Waals surface area contributed by atoms with Crippen molar-refractivity contribution in [2.75, 3.05) is 11.1 Å². The van der Waals surface area contributed by atoms with Crippen LogP contribution >= 0.6 is 0 Å². The molecule has 4 N–H and O–H groups in total. The first-order valence-electron chi connectivity index (χ1n) is 4.98. The number of aromatic nitrogens is 2. The molecule has 0 aliphatic heterocycles. The lowest BCUT2D eigenvalue weighted by Gasteiger charge is -2.04. The van der Waals surface area contributed by atoms with E-state index in [1.54, 1.807) is 0 Å². The second-order valence-electron chi connectivity index (χ2n) is 3.47. The second-order valence-corrected chi connectivity index (χ2v) is 3.47. The topological polar surface area (TPSA) is 101 Å². The number of amides is 1. The molecule has 0 radical (unpaired) electrons. The molecule has 0 unspecified atom stereocenters. The molecule has 7 heteroatoms. The molecular weight excluding hydrogens is 239 g/mol. The van der Waals surface area contributed by atoms with E-state index in [2.05, 4.69) is 15.3 Å². The van der Waals surface area contributed by atoms with Crippen molar-refractivity contribution in [1.29, 1.82) is 0 Å². The molecule has 1 aromatic heterocycles. The van der Waals surface area contributed by atoms with Crippen molar-refractivity contribution in [2.45, 2.75) is 0 Å². The molecule has 0 saturated heterocycles. The monoisotopic (exact) mass is 248 g/mol. The number of anilines is 2. The largest absolute Gasteiger partial charge is 0.369 e. The number of hydrogen-bond acceptors (Lipinski definition) is 4. The van der Waals surface area contributed by atoms with Crippen molar-refractivity contribution < 1.29 is 9.18 Å². The van der Waals surface area contributed by atoms with Crippen LogP contribution in [0.5, 0.6) is 0 Å². The van der Waals surface area contributed by atoms with E-state index in [1.807, 2.05) is 0 Å². The van der Waals surface area contributed by atoms with Crippen LogP contribution in [0.15, 0.2) is 35.3 Å². The Balaban J connectivity index is 2.21. The zero-order chi connectivity index (χ0) is 13.1. The second kappa shape index (κ2) is 4.66. The number of rotatable bonds is 2. The molecule has 6 nitrogen and oxygen atoms in total. The molecule has 18 heavy (non-hydrogen) atoms. The predicted octanol–water partition coefficient (Wildman–Crippen LogP) is 0.744. The average molecular weight is 248 g/mol. The first-order valence-corrected chi connectivity index (χ1v) is 4.98. The van der Waals surface area contributed by atoms with E-state index in [9.17, 15) is 14.0 Å². The standard InChI is InChI=1S/C11H9FN4O2/c12-7-3-1-6(2-4-7)9(17)15-8-5-14-11(13)16-10(8)18/h1-5H,(H,15,17)(H3,13,14,16,18). The van der Waals surface area contributed by atoms with Gasteiger partial charge in [-0.2, -0.15) is 0 Å². The van der Waals surface area contributed by atoms with E-state index in [1.165, 1.54) is 12.1 Å². The van der Waals surface area contributed by atoms with E-state index >= 15 is 0 Å². The maximum absolute atomic E-state index is 12.7. The summed E-state index contributed by atoms with van der Waals surface area (Å²) in [5, 5.41) is 2.35. The van der Waals surface area contributed by atoms with E-state index < -0.39 is 17.3 Å². The third-order valence-electron chi connectivity index (χ3n) is 2.17. The molecule has 2 rings (SSSR count). The van der Waals surface area contributed by atoms with Gasteiger partial charge in [-0.3, -0.25) is 14.6 Å². The highest BCUT2D eigenvalue weighted by atomic mass is 19.1. The molecule has 0 saturated carbocycles. The summed E-state index contributed by atoms with van der Waals surface area (Å²) in [4.78, 5) is 29.0. The summed E-state index contributed by atoms with van der Waals surface area (Å²) in [6, 6.07) is 4.92. The first-order chi connectivity index (χ1) is 8.56. The predicted molar refractivity (Wildman–Crippen MR) is 63.6 cm³/mol. The Kier molecular flexibility index (Phi) is 3.05. The molecule has 92 valence electrons. The number of carbonyl (C=O) groups excluding carboxylic acids is 1. The molecule has 0 aliphatic carbocycles. The van der Waals surface area contributed by atoms with Crippen LogP contribution in [0.25, 0.3) is 0 Å². The third-order valence-corrected chi connectivity index (χ3v) is 2.17. The molecule has 1 aromatic carbocycles. The maximum Gasteiger partial charge on any atom is 0.276 e. The SMILES string of the molecule is Nc1ncc(NC(=O)c2ccc(F)cc2)c(=O)[nH]1. The lowest BCUT2D eigenvalue weighted by Crippen LogP contribution is -2.21. The number of nitrogens with two attached hydrogens (primary N) is 1. The fraction of sp³-hybridized carbons (Fsp3) is 0. The van der Waals surface area contributed by atoms with Crippen LogP contribution in [0.2, 0.25) is 0 Å². The number of nitrogen functional groups attached to an aromatic ring is 1. The summed E-state index contributed by atoms with van der Waals surface area (Å²) in [6.07, 6.45) is 1.15. The number of nitrogens with one attached hydrogen (secondary N) is 2. The number of aromatic amines is 1. The van der Waals surface area contributed by atoms with Crippen molar-refractivity contribution in [3.8, 4) is 0 Å². The number of halogens is 1. The van der Waals surface area contributed by atoms with Gasteiger partial charge in [0, 0.05) is 5.56 Å². The van der Waals surface area contributed by atoms with Crippen molar-refractivity contribution >= 4 is 17.5 Å². The summed E-state index contributed by atoms with van der Waals surface area (Å²) >= 11 is 0. The fourth-order valence-corrected chi connectivity index (χ4v) is 1.29. The van der Waals surface area contributed by atoms with Crippen LogP contribution in [0, 0.1) is 5.82 Å². The molecule has 2 aromatic rings. The zero-order valence-corrected chi connectivity index (χ0v) is 9.11. The Morgan fingerprint density at radius 1 is 1.33 bits per heavy atom. The molecule has 0 aliphatic rings. The van der Waals surface area contributed by atoms with Gasteiger partial charge < -0.3 is 11.1 Å². The average Bonchev–Trinajstić information content (AvgIpc) is 2.33. The van der Waals surface area contributed by atoms with E-state index in [-0.39, 0.29) is 17.2 Å². The molecular formula is C11H9FN4O2. The third kappa shape index (κ3) is 2.51. The van der Waals surface area contributed by atoms with Gasteiger partial charge in [0.15, 0.2) is 5.95 Å². The Morgan fingerprint density at radius 2 is 2.00 bits per heavy atom. The number of carbonyl (C=O) groups is 1. The van der Waals surface area contributed by atoms with Crippen molar-refractivity contribution in [1.82, 2.24) is 9.97 Å². The summed E-state index contributed by atoms with van der Waals surface area (Å²) in [5.41, 5.74) is 4.91. The molecule has 1 heterocycles. The quantitative estimate of drug-likeness (QED) is 0.729. The number of H-pyrrole nitrogens is 1. The summed E-state index contributed by atoms with van der Waals surface area (Å²) in [7, 11) is 0. The van der Waals surface area contributed by atoms with Crippen LogP contribution in [-0.2, 0) is 0 Å². The van der Waals surface area contributed by atoms with Crippen molar-refractivity contribution in [3.05, 3.63) is 52.2 Å². The van der Waals surface area contributed by atoms with Crippen LogP contribution in [0.4, 0.5) is 16.0 Å². The van der Waals surface area contributed by atoms with Crippen LogP contribution in [0.3, 0.4) is 0 Å². The Hall–Kier alpha value is -2.70. The smallest absolute Gasteiger partial charge is 0.276 e. The Bertz CT molecular complexity index is 636. The van der Waals surface area contributed by atoms with Gasteiger partial charge in [0.2, 0.25) is 0 Å². The lowest BCUT2D eigenvalue weighted by atomic mass is 10.2. The number of benzene rings is 1. The highest BCUT2D eigenvalue weighted by Gasteiger charge is 2.08. The molecule has 0 spiro atoms. The van der Waals surface area contributed by atoms with Crippen LogP contribution < -0.4 is 16.6 Å². The van der Waals surface area contributed by atoms with Gasteiger partial charge in [0.25, 0.3) is 11.5 Å². The maximum atomic E-state index is 12.7. The van der Waals surface area contributed by atoms with E-state index in [0.717, 1.165) is 18.3 Å². The Morgan fingerprint density at radius 3 is 2.61 bits per heavy atom. The molecule has 0 fully saturated rings. The summed E-state index contributed by atoms with van der Waals surface area (Å²) < 4.78 is 12.7. The molecule has 0 atom stereocenters. The first kappa shape index (κ1) is 11.8. The van der Waals surface area contributed by atoms with Gasteiger partial charge in [-0.1, -0.05) is 0 Å². The van der Waals surface area contributed by atoms with Crippen LogP contribution in [-0.4, -0.2) is 15.9 Å². The van der Waals surface area contributed by atoms with Crippen molar-refractivity contribution in [3.63, 3.8) is 0 Å². The Labute approximate surface area is 101 Å². The minimum atomic E-state index is -0.557. The molecule has 0 bridgehead atoms.